The summed E-state index contributed by atoms with van der Waals surface area (Å²) in [6, 6.07) is 29.4. The lowest BCUT2D eigenvalue weighted by atomic mass is 10.1. The normalized spacial score (nSPS) is 12.7. The fraction of sp³-hybridized carbons (Fsp3) is 0.102. The molecule has 24 nitrogen and oxygen atoms in total. The number of aliphatic hydroxyl groups is 1. The Bertz CT molecular complexity index is 4340. The minimum Gasteiger partial charge on any atom is -0.505 e. The molecule has 0 amide bonds. The van der Waals surface area contributed by atoms with Crippen molar-refractivity contribution in [2.24, 2.45) is 40.9 Å². The van der Waals surface area contributed by atoms with Gasteiger partial charge in [0.1, 0.15) is 55.1 Å². The van der Waals surface area contributed by atoms with Gasteiger partial charge in [-0.25, -0.2) is 0 Å². The number of hydrogen-bond donors (Lipinski definition) is 5. The summed E-state index contributed by atoms with van der Waals surface area (Å²) >= 11 is 0. The number of aliphatic hydroxyl groups excluding tert-OH is 1. The van der Waals surface area contributed by atoms with Gasteiger partial charge in [-0.3, -0.25) is 13.7 Å². The standard InChI is InChI=1S/C49H39N11O13S3/c1-26-17-30(10-15-36(26)51-52-37-7-5-6-8-46(37)75(66,67)68)50-54-40-23-44(72-3)42(18-27(40)2)56-55-41-24-45(73-4)43(20-29(41)25-61)57-53-39-14-9-28-19-31(11-12-33(28)49(39)62)60-58-38-16-13-34-35(48(38)59-60)21-32(74(63,64)65)22-47(34)76(69,70)71/h5-24,61-62H,25H2,1-4H3,(H,63,64,65)(H,66,67,68)(H,69,70,71). The summed E-state index contributed by atoms with van der Waals surface area (Å²) in [7, 11) is -11.5. The Morgan fingerprint density at radius 1 is 0.513 bits per heavy atom. The summed E-state index contributed by atoms with van der Waals surface area (Å²) in [5.74, 6) is 0.294. The first-order valence-corrected chi connectivity index (χ1v) is 26.3. The van der Waals surface area contributed by atoms with Crippen molar-refractivity contribution in [2.75, 3.05) is 14.2 Å². The second-order valence-electron chi connectivity index (χ2n) is 16.6. The van der Waals surface area contributed by atoms with Crippen LogP contribution in [0.15, 0.2) is 177 Å². The molecule has 0 unspecified atom stereocenters. The third-order valence-electron chi connectivity index (χ3n) is 11.6. The average Bonchev–Trinajstić information content (AvgIpc) is 3.90. The molecule has 0 radical (unpaired) electrons. The first-order chi connectivity index (χ1) is 36.1. The molecule has 0 saturated heterocycles. The summed E-state index contributed by atoms with van der Waals surface area (Å²) < 4.78 is 112. The molecule has 0 aliphatic heterocycles. The maximum Gasteiger partial charge on any atom is 0.296 e. The lowest BCUT2D eigenvalue weighted by molar-refractivity contribution is 0.282. The Hall–Kier alpha value is -8.83. The largest absolute Gasteiger partial charge is 0.505 e. The van der Waals surface area contributed by atoms with E-state index in [1.165, 1.54) is 67.5 Å². The van der Waals surface area contributed by atoms with Crippen LogP contribution in [0.25, 0.3) is 38.3 Å². The van der Waals surface area contributed by atoms with E-state index in [1.54, 1.807) is 74.5 Å². The number of azo groups is 4. The van der Waals surface area contributed by atoms with Gasteiger partial charge in [-0.15, -0.1) is 35.8 Å². The van der Waals surface area contributed by atoms with E-state index in [0.29, 0.717) is 67.7 Å². The SMILES string of the molecule is COc1cc(N=Nc2ccc(N=Nc3ccccc3S(=O)(=O)O)c(C)c2)c(C)cc1N=Nc1cc(OC)c(N=Nc2ccc3cc(-n4nc5ccc6c(S(=O)(=O)O)cc(S(=O)(=O)O)cc6c5n4)ccc3c2O)cc1CO. The number of phenols is 1. The fourth-order valence-electron chi connectivity index (χ4n) is 7.81. The lowest BCUT2D eigenvalue weighted by Gasteiger charge is -2.10. The Balaban J connectivity index is 0.928. The fourth-order valence-corrected chi connectivity index (χ4v) is 9.77. The monoisotopic (exact) mass is 1090 g/mol. The van der Waals surface area contributed by atoms with Crippen molar-refractivity contribution >= 4 is 108 Å². The molecule has 0 saturated carbocycles. The van der Waals surface area contributed by atoms with Crippen LogP contribution in [0.1, 0.15) is 16.7 Å². The van der Waals surface area contributed by atoms with Crippen LogP contribution in [-0.2, 0) is 37.0 Å². The zero-order valence-corrected chi connectivity index (χ0v) is 42.3. The van der Waals surface area contributed by atoms with Crippen LogP contribution in [0.2, 0.25) is 0 Å². The van der Waals surface area contributed by atoms with Crippen LogP contribution in [-0.4, -0.2) is 78.3 Å². The van der Waals surface area contributed by atoms with Crippen LogP contribution in [0.5, 0.6) is 17.2 Å². The molecule has 0 bridgehead atoms. The molecule has 5 N–H and O–H groups in total. The van der Waals surface area contributed by atoms with E-state index in [9.17, 15) is 49.1 Å². The Morgan fingerprint density at radius 3 is 1.80 bits per heavy atom. The number of ether oxygens (including phenoxy) is 2. The van der Waals surface area contributed by atoms with Crippen LogP contribution in [0.3, 0.4) is 0 Å². The van der Waals surface area contributed by atoms with Gasteiger partial charge in [0, 0.05) is 33.9 Å². The molecule has 9 aromatic rings. The smallest absolute Gasteiger partial charge is 0.296 e. The van der Waals surface area contributed by atoms with E-state index in [4.69, 9.17) is 9.47 Å². The van der Waals surface area contributed by atoms with Crippen molar-refractivity contribution in [1.29, 1.82) is 0 Å². The summed E-state index contributed by atoms with van der Waals surface area (Å²) in [5, 5.41) is 65.8. The summed E-state index contributed by atoms with van der Waals surface area (Å²) in [4.78, 5) is -0.680. The topological polar surface area (TPSA) is 352 Å². The predicted molar refractivity (Wildman–Crippen MR) is 276 cm³/mol. The van der Waals surface area contributed by atoms with Gasteiger partial charge in [-0.1, -0.05) is 24.3 Å². The van der Waals surface area contributed by atoms with E-state index < -0.39 is 46.8 Å². The number of fused-ring (bicyclic) bond motifs is 4. The molecule has 386 valence electrons. The molecule has 0 aliphatic carbocycles. The van der Waals surface area contributed by atoms with Gasteiger partial charge in [-0.05, 0) is 115 Å². The number of nitrogens with zero attached hydrogens (tertiary/aromatic N) is 11. The molecule has 0 fully saturated rings. The first kappa shape index (κ1) is 52.0. The second-order valence-corrected chi connectivity index (χ2v) is 20.8. The van der Waals surface area contributed by atoms with Gasteiger partial charge in [-0.2, -0.15) is 45.4 Å². The average molecular weight is 1090 g/mol. The van der Waals surface area contributed by atoms with Gasteiger partial charge in [0.25, 0.3) is 30.4 Å². The second kappa shape index (κ2) is 20.5. The molecule has 9 rings (SSSR count). The van der Waals surface area contributed by atoms with E-state index in [0.717, 1.165) is 6.07 Å². The number of aromatic hydroxyl groups is 1. The Kier molecular flexibility index (Phi) is 14.0. The molecule has 8 aromatic carbocycles. The molecule has 0 aliphatic rings. The maximum atomic E-state index is 12.2. The molecule has 0 atom stereocenters. The summed E-state index contributed by atoms with van der Waals surface area (Å²) in [6.45, 7) is 3.09. The molecule has 0 spiro atoms. The van der Waals surface area contributed by atoms with Gasteiger partial charge >= 0.3 is 0 Å². The van der Waals surface area contributed by atoms with Crippen molar-refractivity contribution < 1.29 is 58.6 Å². The number of aryl methyl sites for hydroxylation is 2. The van der Waals surface area contributed by atoms with Crippen molar-refractivity contribution in [2.45, 2.75) is 35.1 Å². The molecule has 1 heterocycles. The van der Waals surface area contributed by atoms with Crippen LogP contribution in [0.4, 0.5) is 45.5 Å². The zero-order valence-electron chi connectivity index (χ0n) is 39.9. The van der Waals surface area contributed by atoms with E-state index in [-0.39, 0.29) is 60.9 Å². The summed E-state index contributed by atoms with van der Waals surface area (Å²) in [5.41, 5.74) is 4.55. The minimum atomic E-state index is -4.93. The third kappa shape index (κ3) is 10.7. The number of hydrogen-bond acceptors (Lipinski definition) is 20. The van der Waals surface area contributed by atoms with E-state index in [2.05, 4.69) is 51.1 Å². The Morgan fingerprint density at radius 2 is 1.12 bits per heavy atom. The highest BCUT2D eigenvalue weighted by molar-refractivity contribution is 7.87. The lowest BCUT2D eigenvalue weighted by Crippen LogP contribution is -2.04. The number of rotatable bonds is 15. The molecular weight excluding hydrogens is 1050 g/mol. The van der Waals surface area contributed by atoms with Crippen molar-refractivity contribution in [3.8, 4) is 22.9 Å². The molecule has 27 heteroatoms. The first-order valence-electron chi connectivity index (χ1n) is 22.0. The van der Waals surface area contributed by atoms with Gasteiger partial charge in [0.05, 0.1) is 54.2 Å². The third-order valence-corrected chi connectivity index (χ3v) is 14.2. The van der Waals surface area contributed by atoms with Crippen LogP contribution in [0, 0.1) is 13.8 Å². The maximum absolute atomic E-state index is 12.2. The van der Waals surface area contributed by atoms with Gasteiger partial charge in [0.2, 0.25) is 0 Å². The zero-order chi connectivity index (χ0) is 54.3. The number of aromatic nitrogens is 3. The number of benzene rings is 8. The molecule has 1 aromatic heterocycles. The van der Waals surface area contributed by atoms with Crippen molar-refractivity contribution in [3.63, 3.8) is 0 Å². The van der Waals surface area contributed by atoms with Gasteiger partial charge in [0.15, 0.2) is 5.75 Å². The molecular formula is C49H39N11O13S3. The van der Waals surface area contributed by atoms with E-state index >= 15 is 0 Å². The van der Waals surface area contributed by atoms with Gasteiger partial charge < -0.3 is 19.7 Å². The van der Waals surface area contributed by atoms with E-state index in [1.807, 2.05) is 0 Å². The predicted octanol–water partition coefficient (Wildman–Crippen LogP) is 12.0. The van der Waals surface area contributed by atoms with Crippen molar-refractivity contribution in [3.05, 3.63) is 138 Å². The highest BCUT2D eigenvalue weighted by Gasteiger charge is 2.23. The highest BCUT2D eigenvalue weighted by Crippen LogP contribution is 2.42. The quantitative estimate of drug-likeness (QED) is 0.0470. The van der Waals surface area contributed by atoms with Crippen molar-refractivity contribution in [1.82, 2.24) is 15.0 Å². The molecule has 76 heavy (non-hydrogen) atoms. The van der Waals surface area contributed by atoms with Crippen LogP contribution >= 0.6 is 0 Å². The number of methoxy groups -OCH3 is 2. The van der Waals surface area contributed by atoms with Crippen LogP contribution < -0.4 is 9.47 Å². The minimum absolute atomic E-state index is 0.0183. The summed E-state index contributed by atoms with van der Waals surface area (Å²) in [6.07, 6.45) is 0. The highest BCUT2D eigenvalue weighted by atomic mass is 32.2. The number of phenolic OH excluding ortho intramolecular Hbond substituents is 1. The Labute approximate surface area is 431 Å².